The molecule has 1 aliphatic rings. The second kappa shape index (κ2) is 8.43. The molecule has 144 valence electrons. The van der Waals surface area contributed by atoms with E-state index < -0.39 is 0 Å². The normalized spacial score (nSPS) is 15.4. The molecule has 6 nitrogen and oxygen atoms in total. The number of anilines is 1. The summed E-state index contributed by atoms with van der Waals surface area (Å²) in [4.78, 5) is 20.0. The number of rotatable bonds is 4. The molecule has 1 aromatic carbocycles. The number of piperazine rings is 1. The van der Waals surface area contributed by atoms with Gasteiger partial charge in [-0.2, -0.15) is 0 Å². The van der Waals surface area contributed by atoms with Gasteiger partial charge in [0.15, 0.2) is 5.82 Å². The van der Waals surface area contributed by atoms with Crippen LogP contribution in [0.15, 0.2) is 36.7 Å². The van der Waals surface area contributed by atoms with E-state index in [0.29, 0.717) is 42.6 Å². The molecule has 27 heavy (non-hydrogen) atoms. The Hall–Kier alpha value is -2.54. The van der Waals surface area contributed by atoms with E-state index in [9.17, 15) is 9.18 Å². The van der Waals surface area contributed by atoms with E-state index in [1.54, 1.807) is 36.4 Å². The molecule has 0 bridgehead atoms. The molecule has 1 saturated heterocycles. The van der Waals surface area contributed by atoms with Gasteiger partial charge < -0.3 is 19.9 Å². The number of ether oxygens (including phenoxy) is 1. The van der Waals surface area contributed by atoms with Crippen molar-refractivity contribution in [1.82, 2.24) is 15.2 Å². The molecule has 2 aromatic rings. The average molecular weight is 393 g/mol. The summed E-state index contributed by atoms with van der Waals surface area (Å²) in [5.74, 6) is 0.334. The second-order valence-electron chi connectivity index (χ2n) is 6.36. The summed E-state index contributed by atoms with van der Waals surface area (Å²) < 4.78 is 19.1. The van der Waals surface area contributed by atoms with Crippen LogP contribution in [0.2, 0.25) is 5.02 Å². The van der Waals surface area contributed by atoms with E-state index in [4.69, 9.17) is 16.3 Å². The molecule has 1 aliphatic heterocycles. The largest absolute Gasteiger partial charge is 0.497 e. The first-order valence-electron chi connectivity index (χ1n) is 8.73. The van der Waals surface area contributed by atoms with Gasteiger partial charge in [-0.15, -0.1) is 0 Å². The van der Waals surface area contributed by atoms with Crippen LogP contribution in [-0.2, 0) is 0 Å². The summed E-state index contributed by atoms with van der Waals surface area (Å²) in [6.07, 6.45) is 2.77. The lowest BCUT2D eigenvalue weighted by atomic mass is 10.1. The van der Waals surface area contributed by atoms with Gasteiger partial charge in [-0.3, -0.25) is 4.98 Å². The Bertz CT molecular complexity index is 812. The highest BCUT2D eigenvalue weighted by Crippen LogP contribution is 2.27. The molecule has 0 aliphatic carbocycles. The predicted octanol–water partition coefficient (Wildman–Crippen LogP) is 3.48. The predicted molar refractivity (Wildman–Crippen MR) is 103 cm³/mol. The van der Waals surface area contributed by atoms with Crippen LogP contribution in [0.1, 0.15) is 18.5 Å². The summed E-state index contributed by atoms with van der Waals surface area (Å²) in [7, 11) is 1.58. The molecule has 1 N–H and O–H groups in total. The van der Waals surface area contributed by atoms with Crippen molar-refractivity contribution in [2.45, 2.75) is 13.0 Å². The van der Waals surface area contributed by atoms with Gasteiger partial charge in [-0.25, -0.2) is 9.18 Å². The third-order valence-electron chi connectivity index (χ3n) is 4.67. The summed E-state index contributed by atoms with van der Waals surface area (Å²) >= 11 is 6.25. The SMILES string of the molecule is COc1ccc(Cl)c(C(C)NC(=O)N2CCN(c3ccncc3F)CC2)c1. The molecule has 0 saturated carbocycles. The fraction of sp³-hybridized carbons (Fsp3) is 0.368. The van der Waals surface area contributed by atoms with Crippen LogP contribution in [0.5, 0.6) is 5.75 Å². The minimum atomic E-state index is -0.350. The molecule has 1 fully saturated rings. The third kappa shape index (κ3) is 4.42. The summed E-state index contributed by atoms with van der Waals surface area (Å²) in [5.41, 5.74) is 1.31. The number of pyridine rings is 1. The van der Waals surface area contributed by atoms with Crippen molar-refractivity contribution < 1.29 is 13.9 Å². The molecule has 1 atom stereocenters. The zero-order valence-corrected chi connectivity index (χ0v) is 16.0. The van der Waals surface area contributed by atoms with Crippen molar-refractivity contribution >= 4 is 23.3 Å². The van der Waals surface area contributed by atoms with E-state index in [1.807, 2.05) is 17.9 Å². The fourth-order valence-corrected chi connectivity index (χ4v) is 3.39. The van der Waals surface area contributed by atoms with E-state index in [1.165, 1.54) is 6.20 Å². The van der Waals surface area contributed by atoms with E-state index in [-0.39, 0.29) is 17.9 Å². The van der Waals surface area contributed by atoms with Crippen molar-refractivity contribution in [3.63, 3.8) is 0 Å². The van der Waals surface area contributed by atoms with Crippen molar-refractivity contribution in [2.75, 3.05) is 38.2 Å². The number of nitrogens with zero attached hydrogens (tertiary/aromatic N) is 3. The lowest BCUT2D eigenvalue weighted by Crippen LogP contribution is -2.52. The standard InChI is InChI=1S/C19H22ClFN4O2/c1-13(15-11-14(27-2)3-4-16(15)20)23-19(26)25-9-7-24(8-10-25)18-5-6-22-12-17(18)21/h3-6,11-13H,7-10H2,1-2H3,(H,23,26). The third-order valence-corrected chi connectivity index (χ3v) is 5.01. The van der Waals surface area contributed by atoms with Gasteiger partial charge >= 0.3 is 6.03 Å². The highest BCUT2D eigenvalue weighted by Gasteiger charge is 2.24. The molecule has 2 heterocycles. The Labute approximate surface area is 162 Å². The maximum Gasteiger partial charge on any atom is 0.317 e. The number of nitrogens with one attached hydrogen (secondary N) is 1. The van der Waals surface area contributed by atoms with Gasteiger partial charge in [0, 0.05) is 37.4 Å². The number of urea groups is 1. The number of aromatic nitrogens is 1. The number of amides is 2. The minimum absolute atomic E-state index is 0.170. The molecule has 0 spiro atoms. The number of methoxy groups -OCH3 is 1. The summed E-state index contributed by atoms with van der Waals surface area (Å²) in [5, 5.41) is 3.54. The van der Waals surface area contributed by atoms with E-state index in [2.05, 4.69) is 10.3 Å². The van der Waals surface area contributed by atoms with E-state index >= 15 is 0 Å². The number of carbonyl (C=O) groups is 1. The summed E-state index contributed by atoms with van der Waals surface area (Å²) in [6.45, 7) is 4.00. The molecule has 3 rings (SSSR count). The van der Waals surface area contributed by atoms with Crippen LogP contribution in [-0.4, -0.2) is 49.2 Å². The highest BCUT2D eigenvalue weighted by molar-refractivity contribution is 6.31. The Morgan fingerprint density at radius 1 is 1.30 bits per heavy atom. The van der Waals surface area contributed by atoms with Crippen molar-refractivity contribution in [1.29, 1.82) is 0 Å². The lowest BCUT2D eigenvalue weighted by Gasteiger charge is -2.36. The molecule has 2 amide bonds. The topological polar surface area (TPSA) is 57.7 Å². The first kappa shape index (κ1) is 19.2. The van der Waals surface area contributed by atoms with Crippen molar-refractivity contribution in [2.24, 2.45) is 0 Å². The Kier molecular flexibility index (Phi) is 6.01. The van der Waals surface area contributed by atoms with Crippen LogP contribution in [0.3, 0.4) is 0 Å². The summed E-state index contributed by atoms with van der Waals surface area (Å²) in [6, 6.07) is 6.56. The van der Waals surface area contributed by atoms with Gasteiger partial charge in [-0.05, 0) is 36.8 Å². The van der Waals surface area contributed by atoms with Gasteiger partial charge in [0.1, 0.15) is 5.75 Å². The van der Waals surface area contributed by atoms with Gasteiger partial charge in [0.2, 0.25) is 0 Å². The average Bonchev–Trinajstić information content (AvgIpc) is 2.68. The molecular weight excluding hydrogens is 371 g/mol. The van der Waals surface area contributed by atoms with Crippen LogP contribution in [0.4, 0.5) is 14.9 Å². The van der Waals surface area contributed by atoms with Gasteiger partial charge in [0.05, 0.1) is 25.0 Å². The molecule has 0 radical (unpaired) electrons. The van der Waals surface area contributed by atoms with Crippen molar-refractivity contribution in [3.05, 3.63) is 53.1 Å². The quantitative estimate of drug-likeness (QED) is 0.865. The number of benzene rings is 1. The fourth-order valence-electron chi connectivity index (χ4n) is 3.11. The smallest absolute Gasteiger partial charge is 0.317 e. The van der Waals surface area contributed by atoms with Crippen LogP contribution < -0.4 is 15.0 Å². The maximum atomic E-state index is 13.9. The number of hydrogen-bond donors (Lipinski definition) is 1. The van der Waals surface area contributed by atoms with Crippen LogP contribution in [0, 0.1) is 5.82 Å². The number of hydrogen-bond acceptors (Lipinski definition) is 4. The number of halogens is 2. The van der Waals surface area contributed by atoms with Gasteiger partial charge in [0.25, 0.3) is 0 Å². The first-order chi connectivity index (χ1) is 13.0. The highest BCUT2D eigenvalue weighted by atomic mass is 35.5. The Morgan fingerprint density at radius 3 is 2.70 bits per heavy atom. The molecule has 1 aromatic heterocycles. The zero-order chi connectivity index (χ0) is 19.4. The Morgan fingerprint density at radius 2 is 2.04 bits per heavy atom. The Balaban J connectivity index is 1.59. The number of carbonyl (C=O) groups excluding carboxylic acids is 1. The van der Waals surface area contributed by atoms with Crippen LogP contribution >= 0.6 is 11.6 Å². The first-order valence-corrected chi connectivity index (χ1v) is 9.10. The molecule has 8 heteroatoms. The maximum absolute atomic E-state index is 13.9. The zero-order valence-electron chi connectivity index (χ0n) is 15.3. The van der Waals surface area contributed by atoms with Crippen LogP contribution in [0.25, 0.3) is 0 Å². The lowest BCUT2D eigenvalue weighted by molar-refractivity contribution is 0.191. The van der Waals surface area contributed by atoms with Crippen molar-refractivity contribution in [3.8, 4) is 5.75 Å². The van der Waals surface area contributed by atoms with Gasteiger partial charge in [-0.1, -0.05) is 11.6 Å². The second-order valence-corrected chi connectivity index (χ2v) is 6.77. The minimum Gasteiger partial charge on any atom is -0.497 e. The molecule has 1 unspecified atom stereocenters. The molecular formula is C19H22ClFN4O2. The van der Waals surface area contributed by atoms with E-state index in [0.717, 1.165) is 5.56 Å². The monoisotopic (exact) mass is 392 g/mol.